The van der Waals surface area contributed by atoms with E-state index in [9.17, 15) is 4.79 Å². The van der Waals surface area contributed by atoms with Crippen LogP contribution in [0.2, 0.25) is 0 Å². The van der Waals surface area contributed by atoms with Crippen LogP contribution in [0.4, 0.5) is 5.69 Å². The lowest BCUT2D eigenvalue weighted by Gasteiger charge is -2.09. The summed E-state index contributed by atoms with van der Waals surface area (Å²) in [5, 5.41) is 4.70. The third-order valence-electron chi connectivity index (χ3n) is 4.64. The van der Waals surface area contributed by atoms with Crippen molar-refractivity contribution >= 4 is 22.4 Å². The quantitative estimate of drug-likeness (QED) is 0.369. The predicted octanol–water partition coefficient (Wildman–Crippen LogP) is 5.87. The number of fused-ring (bicyclic) bond motifs is 1. The van der Waals surface area contributed by atoms with Crippen molar-refractivity contribution in [3.63, 3.8) is 0 Å². The van der Waals surface area contributed by atoms with Crippen LogP contribution in [0.3, 0.4) is 0 Å². The number of unbranched alkanes of at least 4 members (excludes halogenated alkanes) is 4. The monoisotopic (exact) mass is 346 g/mol. The number of anilines is 1. The number of hydrogen-bond donors (Lipinski definition) is 1. The Morgan fingerprint density at radius 1 is 0.808 bits per heavy atom. The number of carbonyl (C=O) groups is 1. The summed E-state index contributed by atoms with van der Waals surface area (Å²) in [5.74, 6) is 0.261. The summed E-state index contributed by atoms with van der Waals surface area (Å²) in [7, 11) is 0. The second-order valence-corrected chi connectivity index (χ2v) is 6.61. The van der Waals surface area contributed by atoms with E-state index in [2.05, 4.69) is 16.4 Å². The van der Waals surface area contributed by atoms with Crippen LogP contribution >= 0.6 is 0 Å². The van der Waals surface area contributed by atoms with Crippen molar-refractivity contribution < 1.29 is 4.79 Å². The molecule has 0 radical (unpaired) electrons. The van der Waals surface area contributed by atoms with E-state index in [0.29, 0.717) is 6.42 Å². The summed E-state index contributed by atoms with van der Waals surface area (Å²) >= 11 is 0. The summed E-state index contributed by atoms with van der Waals surface area (Å²) in [6.07, 6.45) is 8.13. The molecule has 26 heavy (non-hydrogen) atoms. The lowest BCUT2D eigenvalue weighted by Crippen LogP contribution is -2.02. The minimum Gasteiger partial charge on any atom is -0.384 e. The fraction of sp³-hybridized carbons (Fsp3) is 0.304. The summed E-state index contributed by atoms with van der Waals surface area (Å²) in [5.41, 5.74) is 3.02. The van der Waals surface area contributed by atoms with Gasteiger partial charge in [-0.25, -0.2) is 0 Å². The Labute approximate surface area is 155 Å². The number of rotatable bonds is 10. The highest BCUT2D eigenvalue weighted by atomic mass is 16.1. The number of benzene rings is 2. The molecule has 1 N–H and O–H groups in total. The number of nitrogens with zero attached hydrogens (tertiary/aromatic N) is 1. The van der Waals surface area contributed by atoms with Gasteiger partial charge in [-0.05, 0) is 25.0 Å². The zero-order valence-electron chi connectivity index (χ0n) is 15.2. The first-order valence-corrected chi connectivity index (χ1v) is 9.50. The largest absolute Gasteiger partial charge is 0.384 e. The third kappa shape index (κ3) is 5.16. The van der Waals surface area contributed by atoms with Gasteiger partial charge in [0.25, 0.3) is 0 Å². The van der Waals surface area contributed by atoms with Gasteiger partial charge in [-0.15, -0.1) is 0 Å². The summed E-state index contributed by atoms with van der Waals surface area (Å²) in [6, 6.07) is 19.8. The van der Waals surface area contributed by atoms with E-state index in [1.807, 2.05) is 60.8 Å². The van der Waals surface area contributed by atoms with Gasteiger partial charge >= 0.3 is 0 Å². The van der Waals surface area contributed by atoms with Crippen LogP contribution in [0, 0.1) is 0 Å². The fourth-order valence-electron chi connectivity index (χ4n) is 3.18. The summed E-state index contributed by atoms with van der Waals surface area (Å²) < 4.78 is 0. The molecule has 0 aliphatic heterocycles. The normalized spacial score (nSPS) is 10.8. The second-order valence-electron chi connectivity index (χ2n) is 6.61. The number of hydrogen-bond acceptors (Lipinski definition) is 3. The maximum absolute atomic E-state index is 12.0. The van der Waals surface area contributed by atoms with E-state index >= 15 is 0 Å². The molecule has 0 bridgehead atoms. The number of aromatic nitrogens is 1. The van der Waals surface area contributed by atoms with E-state index < -0.39 is 0 Å². The molecule has 0 fully saturated rings. The van der Waals surface area contributed by atoms with Gasteiger partial charge in [-0.1, -0.05) is 67.8 Å². The molecular weight excluding hydrogens is 320 g/mol. The molecular formula is C23H26N2O. The first kappa shape index (κ1) is 18.1. The molecule has 0 spiro atoms. The first-order chi connectivity index (χ1) is 12.8. The molecule has 0 unspecified atom stereocenters. The van der Waals surface area contributed by atoms with Crippen LogP contribution in [-0.4, -0.2) is 17.3 Å². The Balaban J connectivity index is 1.29. The Morgan fingerprint density at radius 2 is 1.54 bits per heavy atom. The molecule has 0 aliphatic carbocycles. The zero-order chi connectivity index (χ0) is 18.0. The Morgan fingerprint density at radius 3 is 2.42 bits per heavy atom. The highest BCUT2D eigenvalue weighted by Gasteiger charge is 2.04. The minimum atomic E-state index is 0.261. The van der Waals surface area contributed by atoms with Gasteiger partial charge in [0.1, 0.15) is 0 Å². The molecule has 1 aromatic heterocycles. The molecule has 0 aliphatic rings. The van der Waals surface area contributed by atoms with Gasteiger partial charge in [-0.3, -0.25) is 9.78 Å². The maximum Gasteiger partial charge on any atom is 0.162 e. The molecule has 0 saturated heterocycles. The standard InChI is InChI=1S/C23H26N2O/c26-23(19-11-5-4-6-12-19)15-7-2-1-3-10-17-24-22-16-18-25-21-14-9-8-13-20(21)22/h4-6,8-9,11-14,16,18H,1-3,7,10,15,17H2,(H,24,25). The number of pyridine rings is 1. The Bertz CT molecular complexity index is 824. The van der Waals surface area contributed by atoms with Crippen LogP contribution in [0.1, 0.15) is 48.9 Å². The van der Waals surface area contributed by atoms with Crippen molar-refractivity contribution in [3.8, 4) is 0 Å². The number of carbonyl (C=O) groups excluding carboxylic acids is 1. The lowest BCUT2D eigenvalue weighted by molar-refractivity contribution is 0.0979. The smallest absolute Gasteiger partial charge is 0.162 e. The zero-order valence-corrected chi connectivity index (χ0v) is 15.2. The van der Waals surface area contributed by atoms with E-state index in [0.717, 1.165) is 42.6 Å². The van der Waals surface area contributed by atoms with Crippen molar-refractivity contribution in [1.29, 1.82) is 0 Å². The predicted molar refractivity (Wildman–Crippen MR) is 109 cm³/mol. The van der Waals surface area contributed by atoms with Crippen molar-refractivity contribution in [2.75, 3.05) is 11.9 Å². The highest BCUT2D eigenvalue weighted by molar-refractivity contribution is 5.95. The molecule has 3 heteroatoms. The van der Waals surface area contributed by atoms with E-state index in [1.54, 1.807) is 0 Å². The van der Waals surface area contributed by atoms with Crippen LogP contribution in [0.25, 0.3) is 10.9 Å². The third-order valence-corrected chi connectivity index (χ3v) is 4.64. The van der Waals surface area contributed by atoms with Crippen molar-refractivity contribution in [2.45, 2.75) is 38.5 Å². The number of nitrogens with one attached hydrogen (secondary N) is 1. The van der Waals surface area contributed by atoms with Crippen molar-refractivity contribution in [3.05, 3.63) is 72.4 Å². The van der Waals surface area contributed by atoms with Gasteiger partial charge in [0.2, 0.25) is 0 Å². The van der Waals surface area contributed by atoms with Gasteiger partial charge < -0.3 is 5.32 Å². The lowest BCUT2D eigenvalue weighted by atomic mass is 10.0. The summed E-state index contributed by atoms with van der Waals surface area (Å²) in [6.45, 7) is 0.969. The molecule has 3 nitrogen and oxygen atoms in total. The molecule has 1 heterocycles. The van der Waals surface area contributed by atoms with E-state index in [1.165, 1.54) is 18.2 Å². The Hall–Kier alpha value is -2.68. The SMILES string of the molecule is O=C(CCCCCCCNc1ccnc2ccccc12)c1ccccc1. The molecule has 3 aromatic rings. The van der Waals surface area contributed by atoms with Gasteiger partial charge in [0.05, 0.1) is 5.52 Å². The van der Waals surface area contributed by atoms with Crippen LogP contribution in [0.5, 0.6) is 0 Å². The molecule has 0 atom stereocenters. The highest BCUT2D eigenvalue weighted by Crippen LogP contribution is 2.21. The summed E-state index contributed by atoms with van der Waals surface area (Å²) in [4.78, 5) is 16.4. The second kappa shape index (κ2) is 9.71. The average Bonchev–Trinajstić information content (AvgIpc) is 2.70. The van der Waals surface area contributed by atoms with Crippen LogP contribution < -0.4 is 5.32 Å². The Kier molecular flexibility index (Phi) is 6.77. The van der Waals surface area contributed by atoms with Crippen LogP contribution in [0.15, 0.2) is 66.9 Å². The fourth-order valence-corrected chi connectivity index (χ4v) is 3.18. The van der Waals surface area contributed by atoms with Gasteiger partial charge in [0.15, 0.2) is 5.78 Å². The molecule has 2 aromatic carbocycles. The number of ketones is 1. The van der Waals surface area contributed by atoms with Gasteiger partial charge in [0, 0.05) is 35.8 Å². The molecule has 3 rings (SSSR count). The number of para-hydroxylation sites is 1. The topological polar surface area (TPSA) is 42.0 Å². The first-order valence-electron chi connectivity index (χ1n) is 9.50. The minimum absolute atomic E-state index is 0.261. The van der Waals surface area contributed by atoms with Crippen molar-refractivity contribution in [2.24, 2.45) is 0 Å². The van der Waals surface area contributed by atoms with Crippen molar-refractivity contribution in [1.82, 2.24) is 4.98 Å². The molecule has 0 amide bonds. The molecule has 0 saturated carbocycles. The molecule has 134 valence electrons. The number of Topliss-reactive ketones (excluding diaryl/α,β-unsaturated/α-hetero) is 1. The van der Waals surface area contributed by atoms with E-state index in [4.69, 9.17) is 0 Å². The van der Waals surface area contributed by atoms with E-state index in [-0.39, 0.29) is 5.78 Å². The van der Waals surface area contributed by atoms with Crippen LogP contribution in [-0.2, 0) is 0 Å². The van der Waals surface area contributed by atoms with Gasteiger partial charge in [-0.2, -0.15) is 0 Å². The maximum atomic E-state index is 12.0. The average molecular weight is 346 g/mol.